The highest BCUT2D eigenvalue weighted by molar-refractivity contribution is 5.31. The Morgan fingerprint density at radius 3 is 2.82 bits per heavy atom. The average molecular weight is 302 g/mol. The summed E-state index contributed by atoms with van der Waals surface area (Å²) in [6.07, 6.45) is 3.64. The van der Waals surface area contributed by atoms with Crippen molar-refractivity contribution in [1.29, 1.82) is 0 Å². The van der Waals surface area contributed by atoms with Crippen LogP contribution >= 0.6 is 0 Å². The van der Waals surface area contributed by atoms with Crippen molar-refractivity contribution in [2.45, 2.75) is 38.3 Å². The molecule has 0 saturated heterocycles. The Morgan fingerprint density at radius 2 is 2.05 bits per heavy atom. The number of benzene rings is 1. The second-order valence-corrected chi connectivity index (χ2v) is 5.55. The molecule has 2 N–H and O–H groups in total. The molecule has 3 rings (SSSR count). The van der Waals surface area contributed by atoms with E-state index < -0.39 is 0 Å². The minimum absolute atomic E-state index is 0.209. The number of hydrogen-bond acceptors (Lipinski definition) is 5. The topological polar surface area (TPSA) is 75.2 Å². The van der Waals surface area contributed by atoms with Crippen molar-refractivity contribution in [3.05, 3.63) is 35.9 Å². The zero-order valence-corrected chi connectivity index (χ0v) is 12.9. The highest BCUT2D eigenvalue weighted by Gasteiger charge is 2.18. The summed E-state index contributed by atoms with van der Waals surface area (Å²) in [7, 11) is 1.65. The van der Waals surface area contributed by atoms with E-state index in [-0.39, 0.29) is 6.04 Å². The molecule has 0 radical (unpaired) electrons. The Balaban J connectivity index is 1.45. The SMILES string of the molecule is COc1ccc(OCCCc2nc3n(n2)CC(N)CC3)cc1. The fourth-order valence-electron chi connectivity index (χ4n) is 2.58. The fraction of sp³-hybridized carbons (Fsp3) is 0.500. The fourth-order valence-corrected chi connectivity index (χ4v) is 2.58. The van der Waals surface area contributed by atoms with Gasteiger partial charge in [-0.1, -0.05) is 0 Å². The summed E-state index contributed by atoms with van der Waals surface area (Å²) in [6.45, 7) is 1.43. The van der Waals surface area contributed by atoms with Crippen molar-refractivity contribution < 1.29 is 9.47 Å². The van der Waals surface area contributed by atoms with Gasteiger partial charge in [0.25, 0.3) is 0 Å². The summed E-state index contributed by atoms with van der Waals surface area (Å²) in [6, 6.07) is 7.81. The molecule has 0 bridgehead atoms. The summed E-state index contributed by atoms with van der Waals surface area (Å²) in [5, 5.41) is 4.52. The van der Waals surface area contributed by atoms with Gasteiger partial charge in [-0.05, 0) is 37.1 Å². The van der Waals surface area contributed by atoms with Crippen molar-refractivity contribution in [3.8, 4) is 11.5 Å². The normalized spacial score (nSPS) is 17.1. The van der Waals surface area contributed by atoms with Crippen LogP contribution in [0.4, 0.5) is 0 Å². The molecule has 1 unspecified atom stereocenters. The van der Waals surface area contributed by atoms with Crippen LogP contribution in [0, 0.1) is 0 Å². The van der Waals surface area contributed by atoms with Gasteiger partial charge in [-0.2, -0.15) is 5.10 Å². The van der Waals surface area contributed by atoms with E-state index >= 15 is 0 Å². The molecule has 0 amide bonds. The van der Waals surface area contributed by atoms with Gasteiger partial charge in [0.2, 0.25) is 0 Å². The number of methoxy groups -OCH3 is 1. The van der Waals surface area contributed by atoms with Crippen molar-refractivity contribution in [1.82, 2.24) is 14.8 Å². The van der Waals surface area contributed by atoms with Gasteiger partial charge < -0.3 is 15.2 Å². The van der Waals surface area contributed by atoms with Crippen LogP contribution in [-0.2, 0) is 19.4 Å². The molecule has 0 fully saturated rings. The van der Waals surface area contributed by atoms with Gasteiger partial charge in [-0.25, -0.2) is 9.67 Å². The first-order valence-corrected chi connectivity index (χ1v) is 7.69. The van der Waals surface area contributed by atoms with E-state index in [1.165, 1.54) is 0 Å². The number of ether oxygens (including phenoxy) is 2. The lowest BCUT2D eigenvalue weighted by Gasteiger charge is -2.17. The zero-order chi connectivity index (χ0) is 15.4. The number of rotatable bonds is 6. The predicted molar refractivity (Wildman–Crippen MR) is 83.1 cm³/mol. The van der Waals surface area contributed by atoms with E-state index in [9.17, 15) is 0 Å². The lowest BCUT2D eigenvalue weighted by atomic mass is 10.1. The number of aryl methyl sites for hydroxylation is 2. The predicted octanol–water partition coefficient (Wildman–Crippen LogP) is 1.57. The maximum absolute atomic E-state index is 5.95. The van der Waals surface area contributed by atoms with Gasteiger partial charge in [-0.15, -0.1) is 0 Å². The molecule has 1 aliphatic heterocycles. The molecule has 2 aromatic rings. The minimum Gasteiger partial charge on any atom is -0.497 e. The number of hydrogen-bond donors (Lipinski definition) is 1. The van der Waals surface area contributed by atoms with E-state index in [4.69, 9.17) is 15.2 Å². The van der Waals surface area contributed by atoms with Crippen molar-refractivity contribution in [2.24, 2.45) is 5.73 Å². The molecule has 0 saturated carbocycles. The summed E-state index contributed by atoms with van der Waals surface area (Å²) in [5.74, 6) is 3.64. The molecule has 2 heterocycles. The van der Waals surface area contributed by atoms with Crippen LogP contribution in [0.5, 0.6) is 11.5 Å². The molecule has 1 atom stereocenters. The van der Waals surface area contributed by atoms with E-state index in [1.54, 1.807) is 7.11 Å². The Labute approximate surface area is 130 Å². The number of aromatic nitrogens is 3. The smallest absolute Gasteiger partial charge is 0.151 e. The molecule has 1 aromatic carbocycles. The van der Waals surface area contributed by atoms with Gasteiger partial charge >= 0.3 is 0 Å². The molecular formula is C16H22N4O2. The second-order valence-electron chi connectivity index (χ2n) is 5.55. The van der Waals surface area contributed by atoms with Gasteiger partial charge in [-0.3, -0.25) is 0 Å². The number of nitrogens with zero attached hydrogens (tertiary/aromatic N) is 3. The summed E-state index contributed by atoms with van der Waals surface area (Å²) < 4.78 is 12.8. The van der Waals surface area contributed by atoms with E-state index in [0.717, 1.165) is 55.4 Å². The Kier molecular flexibility index (Phi) is 4.58. The Bertz CT molecular complexity index is 609. The van der Waals surface area contributed by atoms with Crippen LogP contribution in [0.25, 0.3) is 0 Å². The molecule has 6 heteroatoms. The summed E-state index contributed by atoms with van der Waals surface area (Å²) in [5.41, 5.74) is 5.95. The van der Waals surface area contributed by atoms with Gasteiger partial charge in [0, 0.05) is 18.9 Å². The minimum atomic E-state index is 0.209. The Hall–Kier alpha value is -2.08. The molecule has 6 nitrogen and oxygen atoms in total. The quantitative estimate of drug-likeness (QED) is 0.820. The summed E-state index contributed by atoms with van der Waals surface area (Å²) >= 11 is 0. The maximum atomic E-state index is 5.95. The van der Waals surface area contributed by atoms with Gasteiger partial charge in [0.15, 0.2) is 5.82 Å². The monoisotopic (exact) mass is 302 g/mol. The van der Waals surface area contributed by atoms with Crippen LogP contribution in [-0.4, -0.2) is 34.5 Å². The maximum Gasteiger partial charge on any atom is 0.151 e. The highest BCUT2D eigenvalue weighted by atomic mass is 16.5. The largest absolute Gasteiger partial charge is 0.497 e. The van der Waals surface area contributed by atoms with Crippen molar-refractivity contribution >= 4 is 0 Å². The number of fused-ring (bicyclic) bond motifs is 1. The van der Waals surface area contributed by atoms with Crippen LogP contribution in [0.2, 0.25) is 0 Å². The Morgan fingerprint density at radius 1 is 1.27 bits per heavy atom. The average Bonchev–Trinajstić information content (AvgIpc) is 2.94. The first-order valence-electron chi connectivity index (χ1n) is 7.69. The molecule has 0 aliphatic carbocycles. The molecule has 0 spiro atoms. The summed E-state index contributed by atoms with van der Waals surface area (Å²) in [4.78, 5) is 4.58. The molecular weight excluding hydrogens is 280 g/mol. The van der Waals surface area contributed by atoms with E-state index in [2.05, 4.69) is 10.1 Å². The first kappa shape index (κ1) is 14.8. The molecule has 1 aromatic heterocycles. The standard InChI is InChI=1S/C16H22N4O2/c1-21-13-5-7-14(8-6-13)22-10-2-3-15-18-16-9-4-12(17)11-20(16)19-15/h5-8,12H,2-4,9-11,17H2,1H3. The lowest BCUT2D eigenvalue weighted by Crippen LogP contribution is -2.32. The van der Waals surface area contributed by atoms with Crippen LogP contribution < -0.4 is 15.2 Å². The third kappa shape index (κ3) is 3.57. The zero-order valence-electron chi connectivity index (χ0n) is 12.9. The van der Waals surface area contributed by atoms with Crippen LogP contribution in [0.1, 0.15) is 24.5 Å². The molecule has 22 heavy (non-hydrogen) atoms. The molecule has 1 aliphatic rings. The lowest BCUT2D eigenvalue weighted by molar-refractivity contribution is 0.309. The highest BCUT2D eigenvalue weighted by Crippen LogP contribution is 2.17. The van der Waals surface area contributed by atoms with E-state index in [1.807, 2.05) is 28.9 Å². The van der Waals surface area contributed by atoms with Gasteiger partial charge in [0.1, 0.15) is 17.3 Å². The molecule has 118 valence electrons. The van der Waals surface area contributed by atoms with Gasteiger partial charge in [0.05, 0.1) is 20.3 Å². The number of nitrogens with two attached hydrogens (primary N) is 1. The van der Waals surface area contributed by atoms with E-state index in [0.29, 0.717) is 6.61 Å². The second kappa shape index (κ2) is 6.79. The van der Waals surface area contributed by atoms with Crippen molar-refractivity contribution in [3.63, 3.8) is 0 Å². The first-order chi connectivity index (χ1) is 10.7. The van der Waals surface area contributed by atoms with Crippen molar-refractivity contribution in [2.75, 3.05) is 13.7 Å². The van der Waals surface area contributed by atoms with Crippen LogP contribution in [0.15, 0.2) is 24.3 Å². The third-order valence-corrected chi connectivity index (χ3v) is 3.81. The van der Waals surface area contributed by atoms with Crippen LogP contribution in [0.3, 0.4) is 0 Å². The third-order valence-electron chi connectivity index (χ3n) is 3.81.